The van der Waals surface area contributed by atoms with Crippen LogP contribution in [0.1, 0.15) is 112 Å². The summed E-state index contributed by atoms with van der Waals surface area (Å²) in [5, 5.41) is 66.1. The molecule has 11 heteroatoms. The number of fused-ring (bicyclic) bond motifs is 1. The fourth-order valence-electron chi connectivity index (χ4n) is 11.4. The Morgan fingerprint density at radius 2 is 1.90 bits per heavy atom. The third kappa shape index (κ3) is 10.3. The van der Waals surface area contributed by atoms with Gasteiger partial charge in [0.25, 0.3) is 0 Å². The highest BCUT2D eigenvalue weighted by Gasteiger charge is 2.60. The van der Waals surface area contributed by atoms with E-state index in [-0.39, 0.29) is 60.9 Å². The molecule has 7 aliphatic rings. The molecule has 0 radical (unpaired) electrons. The summed E-state index contributed by atoms with van der Waals surface area (Å²) in [6.45, 7) is 3.02. The van der Waals surface area contributed by atoms with Gasteiger partial charge in [-0.3, -0.25) is 0 Å². The standard InChI is InChI=1S/C52H69N3O8/c1-32(58)27-54-28-44-43-26-45(55-50(43)36-18-20-52(44)19-6-7-39(52)23-36)47(60)31-62-49-22-33(12-17-46(49)59)10-15-41-25-38(30-57)48(63-41)9-5-3-2-4-8-40(53)24-37-14-13-35-21-34(29-56)11-16-42(35)51(37)61/h11-14,16-18,20-22,25-26,32,36-37,39-40,44,47-48,51,54,56-58,60-61,63H,2-10,15,19,23-24,27-31,53H2,1H3/p+1. The van der Waals surface area contributed by atoms with Gasteiger partial charge in [0.15, 0.2) is 23.3 Å². The number of aliphatic hydroxyl groups excluding tert-OH is 5. The maximum atomic E-state index is 11.4. The molecule has 0 amide bonds. The summed E-state index contributed by atoms with van der Waals surface area (Å²) in [6.07, 6.45) is 24.8. The van der Waals surface area contributed by atoms with Gasteiger partial charge in [-0.1, -0.05) is 68.2 Å². The fourth-order valence-corrected chi connectivity index (χ4v) is 11.4. The lowest BCUT2D eigenvalue weighted by Crippen LogP contribution is -2.42. The van der Waals surface area contributed by atoms with Crippen LogP contribution in [0.5, 0.6) is 11.5 Å². The van der Waals surface area contributed by atoms with Crippen LogP contribution in [0.3, 0.4) is 0 Å². The Hall–Kier alpha value is -3.91. The second kappa shape index (κ2) is 20.5. The minimum Gasteiger partial charge on any atom is -0.504 e. The lowest BCUT2D eigenvalue weighted by molar-refractivity contribution is -0.0552. The fraction of sp³-hybridized carbons (Fsp3) is 0.558. The first kappa shape index (κ1) is 45.7. The van der Waals surface area contributed by atoms with Crippen LogP contribution in [0.15, 0.2) is 83.0 Å². The zero-order valence-electron chi connectivity index (χ0n) is 36.9. The number of ether oxygens (including phenoxy) is 2. The van der Waals surface area contributed by atoms with Crippen molar-refractivity contribution in [3.8, 4) is 11.5 Å². The van der Waals surface area contributed by atoms with E-state index in [1.54, 1.807) is 13.0 Å². The number of aromatic hydroxyl groups is 1. The van der Waals surface area contributed by atoms with E-state index in [1.165, 1.54) is 18.8 Å². The quantitative estimate of drug-likeness (QED) is 0.0293. The van der Waals surface area contributed by atoms with Gasteiger partial charge in [-0.15, -0.1) is 16.6 Å². The Morgan fingerprint density at radius 1 is 1.06 bits per heavy atom. The molecule has 2 aromatic carbocycles. The van der Waals surface area contributed by atoms with Crippen molar-refractivity contribution >= 4 is 11.8 Å². The maximum absolute atomic E-state index is 11.4. The zero-order chi connectivity index (χ0) is 44.1. The summed E-state index contributed by atoms with van der Waals surface area (Å²) in [4.78, 5) is 5.04. The second-order valence-corrected chi connectivity index (χ2v) is 19.2. The van der Waals surface area contributed by atoms with Gasteiger partial charge >= 0.3 is 0 Å². The summed E-state index contributed by atoms with van der Waals surface area (Å²) < 4.78 is 11.1. The van der Waals surface area contributed by atoms with E-state index in [9.17, 15) is 30.6 Å². The Morgan fingerprint density at radius 3 is 2.73 bits per heavy atom. The first-order valence-corrected chi connectivity index (χ1v) is 23.7. The first-order chi connectivity index (χ1) is 30.5. The number of nitrogens with two attached hydrogens (primary N) is 1. The highest BCUT2D eigenvalue weighted by Crippen LogP contribution is 2.61. The Labute approximate surface area is 373 Å². The molecular weight excluding hydrogens is 795 g/mol. The number of aliphatic imine (C=N–C) groups is 1. The van der Waals surface area contributed by atoms with E-state index in [1.807, 2.05) is 42.5 Å². The van der Waals surface area contributed by atoms with Crippen LogP contribution in [-0.4, -0.2) is 91.7 Å². The molecular formula is C52H70N3O8+. The molecule has 340 valence electrons. The van der Waals surface area contributed by atoms with Crippen LogP contribution < -0.4 is 15.8 Å². The van der Waals surface area contributed by atoms with Crippen molar-refractivity contribution in [1.82, 2.24) is 5.32 Å². The molecule has 1 spiro atoms. The summed E-state index contributed by atoms with van der Waals surface area (Å²) in [5.74, 6) is 2.60. The van der Waals surface area contributed by atoms with Gasteiger partial charge < -0.3 is 51.2 Å². The van der Waals surface area contributed by atoms with E-state index in [4.69, 9.17) is 20.2 Å². The first-order valence-electron chi connectivity index (χ1n) is 23.7. The van der Waals surface area contributed by atoms with Crippen LogP contribution in [0.25, 0.3) is 6.08 Å². The van der Waals surface area contributed by atoms with E-state index in [0.29, 0.717) is 36.8 Å². The number of hydrogen-bond donors (Lipinski definition) is 8. The molecule has 0 saturated heterocycles. The van der Waals surface area contributed by atoms with Crippen molar-refractivity contribution in [2.24, 2.45) is 39.8 Å². The number of aryl methyl sites for hydroxylation is 1. The lowest BCUT2D eigenvalue weighted by atomic mass is 9.63. The van der Waals surface area contributed by atoms with Crippen molar-refractivity contribution in [2.45, 2.75) is 127 Å². The summed E-state index contributed by atoms with van der Waals surface area (Å²) >= 11 is 0. The zero-order valence-corrected chi connectivity index (χ0v) is 36.9. The molecule has 2 saturated carbocycles. The molecule has 10 unspecified atom stereocenters. The van der Waals surface area contributed by atoms with Gasteiger partial charge in [-0.2, -0.15) is 0 Å². The van der Waals surface area contributed by atoms with E-state index < -0.39 is 18.3 Å². The van der Waals surface area contributed by atoms with Gasteiger partial charge in [-0.05, 0) is 105 Å². The minimum atomic E-state index is -0.962. The summed E-state index contributed by atoms with van der Waals surface area (Å²) in [5.41, 5.74) is 12.9. The molecule has 63 heavy (non-hydrogen) atoms. The molecule has 2 heterocycles. The van der Waals surface area contributed by atoms with Gasteiger partial charge in [-0.25, -0.2) is 0 Å². The Kier molecular flexibility index (Phi) is 14.9. The molecule has 0 aromatic heterocycles. The number of phenolic OH excluding ortho intramolecular Hbond substituents is 1. The van der Waals surface area contributed by atoms with Crippen LogP contribution in [0, 0.1) is 41.1 Å². The number of nitrogens with one attached hydrogen (secondary N) is 1. The van der Waals surface area contributed by atoms with Gasteiger partial charge in [0, 0.05) is 49.4 Å². The largest absolute Gasteiger partial charge is 0.504 e. The number of aliphatic hydroxyl groups is 7. The number of nitrogens with zero attached hydrogens (tertiary/aromatic N) is 1. The molecule has 5 aliphatic carbocycles. The van der Waals surface area contributed by atoms with Gasteiger partial charge in [0.1, 0.15) is 24.7 Å². The minimum absolute atomic E-state index is 0.00979. The highest BCUT2D eigenvalue weighted by molar-refractivity contribution is 6.06. The number of rotatable bonds is 22. The van der Waals surface area contributed by atoms with Crippen LogP contribution in [0.2, 0.25) is 0 Å². The molecule has 11 nitrogen and oxygen atoms in total. The summed E-state index contributed by atoms with van der Waals surface area (Å²) in [6, 6.07) is 11.1. The van der Waals surface area contributed by atoms with Gasteiger partial charge in [0.05, 0.1) is 30.8 Å². The van der Waals surface area contributed by atoms with E-state index in [2.05, 4.69) is 29.6 Å². The van der Waals surface area contributed by atoms with Crippen molar-refractivity contribution in [3.05, 3.63) is 112 Å². The molecule has 2 fully saturated rings. The average Bonchev–Trinajstić information content (AvgIpc) is 4.00. The van der Waals surface area contributed by atoms with Crippen molar-refractivity contribution < 1.29 is 40.1 Å². The van der Waals surface area contributed by atoms with E-state index in [0.717, 1.165) is 104 Å². The molecule has 2 aliphatic heterocycles. The Bertz CT molecular complexity index is 2040. The number of allylic oxidation sites excluding steroid dienone is 3. The third-order valence-electron chi connectivity index (χ3n) is 14.8. The maximum Gasteiger partial charge on any atom is 0.208 e. The monoisotopic (exact) mass is 865 g/mol. The van der Waals surface area contributed by atoms with Crippen LogP contribution >= 0.6 is 0 Å². The van der Waals surface area contributed by atoms with Crippen molar-refractivity contribution in [3.63, 3.8) is 0 Å². The molecule has 2 aromatic rings. The number of unbranched alkanes of at least 4 members (excludes halogenated alkanes) is 3. The Balaban J connectivity index is 0.763. The van der Waals surface area contributed by atoms with Crippen molar-refractivity contribution in [2.75, 3.05) is 26.3 Å². The second-order valence-electron chi connectivity index (χ2n) is 19.2. The topological polar surface area (TPSA) is 194 Å². The van der Waals surface area contributed by atoms with Crippen LogP contribution in [-0.2, 0) is 13.0 Å². The van der Waals surface area contributed by atoms with Crippen LogP contribution in [0.4, 0.5) is 0 Å². The molecule has 10 N–H and O–H groups in total. The molecule has 10 atom stereocenters. The van der Waals surface area contributed by atoms with E-state index >= 15 is 0 Å². The highest BCUT2D eigenvalue weighted by atomic mass is 16.5. The van der Waals surface area contributed by atoms with Crippen molar-refractivity contribution in [1.29, 1.82) is 0 Å². The molecule has 2 bridgehead atoms. The SMILES string of the molecule is CC(O)CNCC1[C+]2C=C(C(O)COc3cc(CC[C-]4C=C(CO)C(CCCCCCC(N)CC5C=Cc6cc(CO)ccc6C5O)[OH+]4)ccc3O)N=C2C2C=CC13CCCC3C2. The van der Waals surface area contributed by atoms with Gasteiger partial charge in [0.2, 0.25) is 5.70 Å². The normalized spacial score (nSPS) is 28.3. The predicted molar refractivity (Wildman–Crippen MR) is 246 cm³/mol. The number of benzene rings is 2. The molecule has 9 rings (SSSR count). The lowest BCUT2D eigenvalue weighted by Gasteiger charge is -2.39. The summed E-state index contributed by atoms with van der Waals surface area (Å²) in [7, 11) is 0. The predicted octanol–water partition coefficient (Wildman–Crippen LogP) is 6.23. The number of phenols is 1. The number of hydrogen-bond acceptors (Lipinski definition) is 10. The average molecular weight is 865 g/mol. The third-order valence-corrected chi connectivity index (χ3v) is 14.8. The smallest absolute Gasteiger partial charge is 0.208 e.